The topological polar surface area (TPSA) is 101 Å². The first-order valence-electron chi connectivity index (χ1n) is 5.39. The summed E-state index contributed by atoms with van der Waals surface area (Å²) in [4.78, 5) is 10.5. The van der Waals surface area contributed by atoms with Gasteiger partial charge in [0.2, 0.25) is 10.0 Å². The van der Waals surface area contributed by atoms with Gasteiger partial charge in [-0.2, -0.15) is 5.10 Å². The van der Waals surface area contributed by atoms with Crippen molar-refractivity contribution >= 4 is 33.3 Å². The summed E-state index contributed by atoms with van der Waals surface area (Å²) in [5, 5.41) is 12.9. The van der Waals surface area contributed by atoms with E-state index in [1.807, 2.05) is 0 Å². The van der Waals surface area contributed by atoms with Gasteiger partial charge in [0.1, 0.15) is 0 Å². The molecule has 0 aliphatic rings. The van der Waals surface area contributed by atoms with Crippen molar-refractivity contribution in [3.63, 3.8) is 0 Å². The van der Waals surface area contributed by atoms with Gasteiger partial charge in [0.05, 0.1) is 11.4 Å². The van der Waals surface area contributed by atoms with Gasteiger partial charge in [-0.05, 0) is 24.3 Å². The Balaban J connectivity index is 2.41. The molecule has 2 rings (SSSR count). The molecule has 0 radical (unpaired) electrons. The van der Waals surface area contributed by atoms with Crippen LogP contribution in [0.3, 0.4) is 0 Å². The van der Waals surface area contributed by atoms with E-state index in [1.54, 1.807) is 24.4 Å². The van der Waals surface area contributed by atoms with Crippen LogP contribution < -0.4 is 4.72 Å². The highest BCUT2D eigenvalue weighted by Gasteiger charge is 2.18. The third-order valence-corrected chi connectivity index (χ3v) is 3.68. The van der Waals surface area contributed by atoms with Crippen LogP contribution in [0.15, 0.2) is 36.7 Å². The second kappa shape index (κ2) is 5.51. The predicted octanol–water partition coefficient (Wildman–Crippen LogP) is 1.35. The molecule has 2 aromatic rings. The Morgan fingerprint density at radius 1 is 1.45 bits per heavy atom. The summed E-state index contributed by atoms with van der Waals surface area (Å²) in [7, 11) is -4.01. The lowest BCUT2D eigenvalue weighted by atomic mass is 10.3. The summed E-state index contributed by atoms with van der Waals surface area (Å²) in [6.07, 6.45) is 3.16. The van der Waals surface area contributed by atoms with Crippen molar-refractivity contribution in [3.05, 3.63) is 41.7 Å². The first kappa shape index (κ1) is 14.4. The lowest BCUT2D eigenvalue weighted by Gasteiger charge is -2.12. The molecule has 0 amide bonds. The number of halogens is 1. The van der Waals surface area contributed by atoms with E-state index in [0.717, 1.165) is 0 Å². The molecule has 0 saturated carbocycles. The third kappa shape index (κ3) is 3.49. The predicted molar refractivity (Wildman–Crippen MR) is 73.6 cm³/mol. The number of hydrogen-bond donors (Lipinski definition) is 2. The summed E-state index contributed by atoms with van der Waals surface area (Å²) in [5.74, 6) is -2.47. The number of carbonyl (C=O) groups is 1. The zero-order chi connectivity index (χ0) is 14.8. The molecule has 0 saturated heterocycles. The molecule has 7 nitrogen and oxygen atoms in total. The number of nitrogens with zero attached hydrogens (tertiary/aromatic N) is 2. The molecule has 2 N–H and O–H groups in total. The molecule has 1 aromatic carbocycles. The Kier molecular flexibility index (Phi) is 3.96. The number of carboxylic acids is 1. The van der Waals surface area contributed by atoms with Gasteiger partial charge in [0, 0.05) is 17.4 Å². The number of hydrogen-bond acceptors (Lipinski definition) is 4. The highest BCUT2D eigenvalue weighted by Crippen LogP contribution is 2.25. The van der Waals surface area contributed by atoms with Crippen molar-refractivity contribution in [1.82, 2.24) is 9.78 Å². The zero-order valence-electron chi connectivity index (χ0n) is 10.0. The van der Waals surface area contributed by atoms with E-state index in [4.69, 9.17) is 16.7 Å². The number of aromatic nitrogens is 2. The molecule has 1 heterocycles. The van der Waals surface area contributed by atoms with Gasteiger partial charge in [0.15, 0.2) is 5.75 Å². The Bertz CT molecular complexity index is 728. The van der Waals surface area contributed by atoms with Crippen LogP contribution in [0.4, 0.5) is 5.69 Å². The van der Waals surface area contributed by atoms with Crippen LogP contribution in [0, 0.1) is 0 Å². The molecule has 0 fully saturated rings. The highest BCUT2D eigenvalue weighted by molar-refractivity contribution is 7.93. The molecule has 0 aliphatic carbocycles. The van der Waals surface area contributed by atoms with Crippen molar-refractivity contribution in [2.75, 3.05) is 10.5 Å². The van der Waals surface area contributed by atoms with Crippen molar-refractivity contribution in [2.45, 2.75) is 0 Å². The molecule has 9 heteroatoms. The molecular formula is C11H10ClN3O4S. The normalized spacial score (nSPS) is 11.2. The quantitative estimate of drug-likeness (QED) is 0.867. The fourth-order valence-corrected chi connectivity index (χ4v) is 2.64. The number of rotatable bonds is 5. The maximum atomic E-state index is 11.7. The fraction of sp³-hybridized carbons (Fsp3) is 0.0909. The van der Waals surface area contributed by atoms with Crippen LogP contribution in [0.1, 0.15) is 0 Å². The Morgan fingerprint density at radius 3 is 2.80 bits per heavy atom. The molecule has 0 bridgehead atoms. The van der Waals surface area contributed by atoms with Crippen molar-refractivity contribution in [2.24, 2.45) is 0 Å². The Labute approximate surface area is 119 Å². The van der Waals surface area contributed by atoms with Crippen molar-refractivity contribution in [3.8, 4) is 5.69 Å². The standard InChI is InChI=1S/C11H10ClN3O4S/c12-8-2-3-10(15-5-1-4-13-15)9(6-8)14-20(18,19)7-11(16)17/h1-6,14H,7H2,(H,16,17). The first-order valence-corrected chi connectivity index (χ1v) is 7.42. The van der Waals surface area contributed by atoms with Crippen LogP contribution in [-0.2, 0) is 14.8 Å². The van der Waals surface area contributed by atoms with E-state index in [1.165, 1.54) is 16.9 Å². The summed E-state index contributed by atoms with van der Waals surface area (Å²) in [5.41, 5.74) is 0.593. The average Bonchev–Trinajstić information content (AvgIpc) is 2.79. The zero-order valence-corrected chi connectivity index (χ0v) is 11.6. The molecule has 0 spiro atoms. The minimum atomic E-state index is -4.01. The largest absolute Gasteiger partial charge is 0.480 e. The van der Waals surface area contributed by atoms with Gasteiger partial charge in [-0.1, -0.05) is 11.6 Å². The van der Waals surface area contributed by atoms with E-state index >= 15 is 0 Å². The van der Waals surface area contributed by atoms with E-state index in [0.29, 0.717) is 10.7 Å². The Hall–Kier alpha value is -2.06. The molecule has 0 unspecified atom stereocenters. The van der Waals surface area contributed by atoms with E-state index in [-0.39, 0.29) is 5.69 Å². The lowest BCUT2D eigenvalue weighted by molar-refractivity contribution is -0.134. The molecule has 0 atom stereocenters. The number of aliphatic carboxylic acids is 1. The van der Waals surface area contributed by atoms with Gasteiger partial charge in [0.25, 0.3) is 0 Å². The molecule has 0 aliphatic heterocycles. The lowest BCUT2D eigenvalue weighted by Crippen LogP contribution is -2.23. The number of benzene rings is 1. The summed E-state index contributed by atoms with van der Waals surface area (Å²) < 4.78 is 27.0. The van der Waals surface area contributed by atoms with Crippen LogP contribution >= 0.6 is 11.6 Å². The number of anilines is 1. The van der Waals surface area contributed by atoms with Gasteiger partial charge in [-0.25, -0.2) is 13.1 Å². The minimum absolute atomic E-state index is 0.155. The number of nitrogens with one attached hydrogen (secondary N) is 1. The maximum absolute atomic E-state index is 11.7. The molecular weight excluding hydrogens is 306 g/mol. The SMILES string of the molecule is O=C(O)CS(=O)(=O)Nc1cc(Cl)ccc1-n1cccn1. The van der Waals surface area contributed by atoms with E-state index < -0.39 is 21.7 Å². The second-order valence-corrected chi connectivity index (χ2v) is 6.03. The van der Waals surface area contributed by atoms with E-state index in [9.17, 15) is 13.2 Å². The number of sulfonamides is 1. The average molecular weight is 316 g/mol. The van der Waals surface area contributed by atoms with Crippen LogP contribution in [0.5, 0.6) is 0 Å². The minimum Gasteiger partial charge on any atom is -0.480 e. The molecule has 1 aromatic heterocycles. The highest BCUT2D eigenvalue weighted by atomic mass is 35.5. The third-order valence-electron chi connectivity index (χ3n) is 2.29. The molecule has 20 heavy (non-hydrogen) atoms. The van der Waals surface area contributed by atoms with E-state index in [2.05, 4.69) is 9.82 Å². The van der Waals surface area contributed by atoms with Gasteiger partial charge in [-0.15, -0.1) is 0 Å². The first-order chi connectivity index (χ1) is 9.37. The smallest absolute Gasteiger partial charge is 0.320 e. The van der Waals surface area contributed by atoms with Crippen LogP contribution in [-0.4, -0.2) is 35.0 Å². The maximum Gasteiger partial charge on any atom is 0.320 e. The van der Waals surface area contributed by atoms with Gasteiger partial charge >= 0.3 is 5.97 Å². The van der Waals surface area contributed by atoms with Gasteiger partial charge in [-0.3, -0.25) is 9.52 Å². The molecule has 106 valence electrons. The summed E-state index contributed by atoms with van der Waals surface area (Å²) >= 11 is 5.83. The fourth-order valence-electron chi connectivity index (χ4n) is 1.57. The Morgan fingerprint density at radius 2 is 2.20 bits per heavy atom. The van der Waals surface area contributed by atoms with Gasteiger partial charge < -0.3 is 5.11 Å². The number of carboxylic acid groups (broad SMARTS) is 1. The van der Waals surface area contributed by atoms with Crippen molar-refractivity contribution in [1.29, 1.82) is 0 Å². The van der Waals surface area contributed by atoms with Crippen LogP contribution in [0.25, 0.3) is 5.69 Å². The second-order valence-electron chi connectivity index (χ2n) is 3.87. The monoisotopic (exact) mass is 315 g/mol. The van der Waals surface area contributed by atoms with Crippen molar-refractivity contribution < 1.29 is 18.3 Å². The summed E-state index contributed by atoms with van der Waals surface area (Å²) in [6.45, 7) is 0. The summed E-state index contributed by atoms with van der Waals surface area (Å²) in [6, 6.07) is 6.21. The van der Waals surface area contributed by atoms with Crippen LogP contribution in [0.2, 0.25) is 5.02 Å².